The van der Waals surface area contributed by atoms with Crippen LogP contribution < -0.4 is 5.32 Å². The van der Waals surface area contributed by atoms with Crippen molar-refractivity contribution >= 4 is 16.0 Å². The van der Waals surface area contributed by atoms with Crippen LogP contribution in [0, 0.1) is 29.1 Å². The molecule has 0 aromatic carbocycles. The second kappa shape index (κ2) is 9.01. The van der Waals surface area contributed by atoms with Gasteiger partial charge >= 0.3 is 27.5 Å². The summed E-state index contributed by atoms with van der Waals surface area (Å²) >= 11 is 0. The van der Waals surface area contributed by atoms with Crippen molar-refractivity contribution in [2.75, 3.05) is 19.8 Å². The molecule has 2 atom stereocenters. The van der Waals surface area contributed by atoms with Crippen LogP contribution in [-0.2, 0) is 28.6 Å². The summed E-state index contributed by atoms with van der Waals surface area (Å²) in [5.74, 6) is -4.18. The molecule has 13 heteroatoms. The molecule has 0 aromatic rings. The van der Waals surface area contributed by atoms with Crippen molar-refractivity contribution in [3.8, 4) is 0 Å². The van der Waals surface area contributed by atoms with E-state index in [1.807, 2.05) is 5.32 Å². The number of halogens is 5. The van der Waals surface area contributed by atoms with E-state index in [2.05, 4.69) is 4.18 Å². The van der Waals surface area contributed by atoms with Crippen LogP contribution in [0.4, 0.5) is 22.0 Å². The molecule has 0 radical (unpaired) electrons. The van der Waals surface area contributed by atoms with Crippen molar-refractivity contribution in [3.63, 3.8) is 0 Å². The summed E-state index contributed by atoms with van der Waals surface area (Å²) in [5.41, 5.74) is -0.370. The molecule has 206 valence electrons. The van der Waals surface area contributed by atoms with Gasteiger partial charge < -0.3 is 14.8 Å². The van der Waals surface area contributed by atoms with E-state index < -0.39 is 45.3 Å². The largest absolute Gasteiger partial charge is 0.446 e. The highest BCUT2D eigenvalue weighted by Crippen LogP contribution is 2.59. The van der Waals surface area contributed by atoms with Crippen molar-refractivity contribution < 1.29 is 48.8 Å². The smallest absolute Gasteiger partial charge is 0.349 e. The lowest BCUT2D eigenvalue weighted by Crippen LogP contribution is -2.57. The molecule has 1 heterocycles. The van der Waals surface area contributed by atoms with Gasteiger partial charge in [-0.05, 0) is 81.0 Å². The van der Waals surface area contributed by atoms with Gasteiger partial charge in [0, 0.05) is 18.9 Å². The first kappa shape index (κ1) is 26.6. The molecule has 2 unspecified atom stereocenters. The summed E-state index contributed by atoms with van der Waals surface area (Å²) in [6, 6.07) is 0. The van der Waals surface area contributed by atoms with Gasteiger partial charge in [0.25, 0.3) is 0 Å². The Kier molecular flexibility index (Phi) is 6.65. The SMILES string of the molecule is O=C(NCC12CC3CC(CC(C3)C1)C2)C(F)(F)S(=O)(=O)OC(C1CCCC12OCCCO2)C(F)(F)F. The summed E-state index contributed by atoms with van der Waals surface area (Å²) in [7, 11) is -6.29. The van der Waals surface area contributed by atoms with Crippen LogP contribution in [0.3, 0.4) is 0 Å². The van der Waals surface area contributed by atoms with E-state index in [0.717, 1.165) is 38.5 Å². The Morgan fingerprint density at radius 1 is 0.972 bits per heavy atom. The zero-order valence-corrected chi connectivity index (χ0v) is 20.6. The number of amides is 1. The first-order chi connectivity index (χ1) is 16.8. The Bertz CT molecular complexity index is 929. The van der Waals surface area contributed by atoms with Crippen LogP contribution in [0.2, 0.25) is 0 Å². The fraction of sp³-hybridized carbons (Fsp3) is 0.957. The number of rotatable bonds is 7. The summed E-state index contributed by atoms with van der Waals surface area (Å²) < 4.78 is 112. The second-order valence-corrected chi connectivity index (χ2v) is 13.1. The fourth-order valence-electron chi connectivity index (χ4n) is 7.84. The maximum atomic E-state index is 14.9. The van der Waals surface area contributed by atoms with E-state index >= 15 is 0 Å². The Labute approximate surface area is 206 Å². The van der Waals surface area contributed by atoms with Crippen LogP contribution in [0.25, 0.3) is 0 Å². The molecule has 1 aliphatic heterocycles. The van der Waals surface area contributed by atoms with Crippen LogP contribution in [-0.4, -0.2) is 57.4 Å². The lowest BCUT2D eigenvalue weighted by Gasteiger charge is -2.56. The molecule has 1 amide bonds. The molecule has 1 N–H and O–H groups in total. The molecule has 4 bridgehead atoms. The Morgan fingerprint density at radius 2 is 1.53 bits per heavy atom. The fourth-order valence-corrected chi connectivity index (χ4v) is 8.78. The van der Waals surface area contributed by atoms with Crippen molar-refractivity contribution in [1.82, 2.24) is 5.32 Å². The summed E-state index contributed by atoms with van der Waals surface area (Å²) in [4.78, 5) is 12.4. The molecule has 5 saturated carbocycles. The van der Waals surface area contributed by atoms with Crippen LogP contribution in [0.15, 0.2) is 0 Å². The third-order valence-electron chi connectivity index (χ3n) is 8.87. The summed E-state index contributed by atoms with van der Waals surface area (Å²) in [6.07, 6.45) is -2.37. The number of hydrogen-bond donors (Lipinski definition) is 1. The average Bonchev–Trinajstić information content (AvgIpc) is 3.16. The molecular weight excluding hydrogens is 513 g/mol. The molecule has 0 aromatic heterocycles. The highest BCUT2D eigenvalue weighted by molar-refractivity contribution is 7.88. The molecular formula is C23H32F5NO6S. The topological polar surface area (TPSA) is 90.9 Å². The highest BCUT2D eigenvalue weighted by atomic mass is 32.2. The molecule has 6 rings (SSSR count). The number of alkyl halides is 5. The van der Waals surface area contributed by atoms with Crippen molar-refractivity contribution in [1.29, 1.82) is 0 Å². The normalized spacial score (nSPS) is 36.8. The minimum Gasteiger partial charge on any atom is -0.349 e. The first-order valence-corrected chi connectivity index (χ1v) is 14.1. The Balaban J connectivity index is 1.29. The lowest BCUT2D eigenvalue weighted by molar-refractivity contribution is -0.317. The minimum absolute atomic E-state index is 0.0512. The van der Waals surface area contributed by atoms with Crippen molar-refractivity contribution in [3.05, 3.63) is 0 Å². The van der Waals surface area contributed by atoms with Gasteiger partial charge in [-0.15, -0.1) is 0 Å². The van der Waals surface area contributed by atoms with Crippen molar-refractivity contribution in [2.45, 2.75) is 87.5 Å². The average molecular weight is 546 g/mol. The van der Waals surface area contributed by atoms with Crippen LogP contribution in [0.5, 0.6) is 0 Å². The van der Waals surface area contributed by atoms with E-state index in [0.29, 0.717) is 24.2 Å². The maximum Gasteiger partial charge on any atom is 0.446 e. The van der Waals surface area contributed by atoms with Gasteiger partial charge in [-0.2, -0.15) is 30.4 Å². The predicted molar refractivity (Wildman–Crippen MR) is 115 cm³/mol. The van der Waals surface area contributed by atoms with E-state index in [9.17, 15) is 35.2 Å². The Morgan fingerprint density at radius 3 is 2.06 bits per heavy atom. The third kappa shape index (κ3) is 4.66. The minimum atomic E-state index is -6.29. The van der Waals surface area contributed by atoms with Gasteiger partial charge in [0.15, 0.2) is 11.9 Å². The summed E-state index contributed by atoms with van der Waals surface area (Å²) in [6.45, 7) is 0.0595. The predicted octanol–water partition coefficient (Wildman–Crippen LogP) is 4.12. The molecule has 1 saturated heterocycles. The second-order valence-electron chi connectivity index (χ2n) is 11.5. The molecule has 36 heavy (non-hydrogen) atoms. The third-order valence-corrected chi connectivity index (χ3v) is 10.1. The van der Waals surface area contributed by atoms with E-state index in [-0.39, 0.29) is 44.4 Å². The van der Waals surface area contributed by atoms with Gasteiger partial charge in [0.05, 0.1) is 13.2 Å². The van der Waals surface area contributed by atoms with Crippen LogP contribution in [0.1, 0.15) is 64.2 Å². The number of carbonyl (C=O) groups is 1. The highest BCUT2D eigenvalue weighted by Gasteiger charge is 2.64. The number of nitrogens with one attached hydrogen (secondary N) is 1. The van der Waals surface area contributed by atoms with Crippen molar-refractivity contribution in [2.24, 2.45) is 29.1 Å². The van der Waals surface area contributed by atoms with E-state index in [1.165, 1.54) is 0 Å². The van der Waals surface area contributed by atoms with E-state index in [1.54, 1.807) is 0 Å². The van der Waals surface area contributed by atoms with Gasteiger partial charge in [-0.3, -0.25) is 8.98 Å². The quantitative estimate of drug-likeness (QED) is 0.382. The lowest BCUT2D eigenvalue weighted by atomic mass is 9.49. The first-order valence-electron chi connectivity index (χ1n) is 12.7. The van der Waals surface area contributed by atoms with Crippen LogP contribution >= 0.6 is 0 Å². The molecule has 6 fully saturated rings. The van der Waals surface area contributed by atoms with Gasteiger partial charge in [-0.25, -0.2) is 0 Å². The van der Waals surface area contributed by atoms with Gasteiger partial charge in [0.1, 0.15) is 0 Å². The number of carbonyl (C=O) groups excluding carboxylic acids is 1. The standard InChI is InChI=1S/C23H32F5NO6S/c24-22(25,26)18(17-3-1-4-21(17)33-5-2-6-34-21)35-36(31,32)23(27,28)19(30)29-13-20-10-14-7-15(11-20)9-16(8-14)12-20/h14-18H,1-13H2,(H,29,30). The molecule has 6 aliphatic rings. The van der Waals surface area contributed by atoms with Gasteiger partial charge in [-0.1, -0.05) is 0 Å². The summed E-state index contributed by atoms with van der Waals surface area (Å²) in [5, 5.41) is -3.15. The monoisotopic (exact) mass is 545 g/mol. The molecule has 1 spiro atoms. The Hall–Kier alpha value is -1.05. The molecule has 5 aliphatic carbocycles. The zero-order valence-electron chi connectivity index (χ0n) is 19.8. The number of hydrogen-bond acceptors (Lipinski definition) is 6. The molecule has 7 nitrogen and oxygen atoms in total. The number of ether oxygens (including phenoxy) is 2. The maximum absolute atomic E-state index is 14.9. The van der Waals surface area contributed by atoms with E-state index in [4.69, 9.17) is 9.47 Å². The zero-order chi connectivity index (χ0) is 26.0. The van der Waals surface area contributed by atoms with Gasteiger partial charge in [0.2, 0.25) is 0 Å².